The third-order valence-electron chi connectivity index (χ3n) is 4.75. The van der Waals surface area contributed by atoms with Crippen molar-refractivity contribution in [3.05, 3.63) is 59.2 Å². The molecule has 0 atom stereocenters. The van der Waals surface area contributed by atoms with Gasteiger partial charge in [-0.2, -0.15) is 5.10 Å². The average Bonchev–Trinajstić information content (AvgIpc) is 3.13. The third kappa shape index (κ3) is 3.17. The highest BCUT2D eigenvalue weighted by molar-refractivity contribution is 7.89. The number of halogens is 1. The van der Waals surface area contributed by atoms with Gasteiger partial charge in [-0.3, -0.25) is 0 Å². The van der Waals surface area contributed by atoms with E-state index in [0.29, 0.717) is 32.7 Å². The number of sulfonamides is 1. The molecule has 3 aromatic carbocycles. The molecular weight excluding hydrogens is 430 g/mol. The quantitative estimate of drug-likeness (QED) is 0.482. The van der Waals surface area contributed by atoms with E-state index in [1.54, 1.807) is 35.0 Å². The van der Waals surface area contributed by atoms with Crippen molar-refractivity contribution in [3.8, 4) is 11.4 Å². The number of carbonyl (C=O) groups is 1. The fourth-order valence-electron chi connectivity index (χ4n) is 3.33. The highest BCUT2D eigenvalue weighted by Crippen LogP contribution is 2.38. The largest absolute Gasteiger partial charge is 0.495 e. The lowest BCUT2D eigenvalue weighted by molar-refractivity contribution is 0.0595. The number of esters is 1. The van der Waals surface area contributed by atoms with E-state index in [-0.39, 0.29) is 10.6 Å². The molecule has 1 heterocycles. The van der Waals surface area contributed by atoms with Crippen molar-refractivity contribution < 1.29 is 22.7 Å². The minimum Gasteiger partial charge on any atom is -0.495 e. The molecule has 1 aromatic heterocycles. The first kappa shape index (κ1) is 20.1. The van der Waals surface area contributed by atoms with Crippen molar-refractivity contribution in [2.45, 2.75) is 4.90 Å². The Balaban J connectivity index is 2.07. The molecule has 0 spiro atoms. The van der Waals surface area contributed by atoms with E-state index < -0.39 is 16.0 Å². The predicted molar refractivity (Wildman–Crippen MR) is 113 cm³/mol. The van der Waals surface area contributed by atoms with E-state index in [0.717, 1.165) is 5.39 Å². The Bertz CT molecular complexity index is 1410. The van der Waals surface area contributed by atoms with Gasteiger partial charge in [0.25, 0.3) is 0 Å². The number of hydrogen-bond acceptors (Lipinski definition) is 6. The van der Waals surface area contributed by atoms with Crippen LogP contribution in [0.4, 0.5) is 0 Å². The maximum atomic E-state index is 12.3. The number of nitrogens with zero attached hydrogens (tertiary/aromatic N) is 2. The van der Waals surface area contributed by atoms with Crippen molar-refractivity contribution in [1.29, 1.82) is 0 Å². The fraction of sp³-hybridized carbons (Fsp3) is 0.100. The van der Waals surface area contributed by atoms with Gasteiger partial charge in [-0.1, -0.05) is 17.7 Å². The Morgan fingerprint density at radius 2 is 1.63 bits per heavy atom. The molecule has 0 aliphatic rings. The normalized spacial score (nSPS) is 11.7. The number of aromatic nitrogens is 2. The van der Waals surface area contributed by atoms with Gasteiger partial charge in [-0.15, -0.1) is 0 Å². The summed E-state index contributed by atoms with van der Waals surface area (Å²) in [4.78, 5) is 12.3. The van der Waals surface area contributed by atoms with Crippen LogP contribution in [0, 0.1) is 0 Å². The van der Waals surface area contributed by atoms with E-state index in [9.17, 15) is 13.2 Å². The summed E-state index contributed by atoms with van der Waals surface area (Å²) in [5.74, 6) is -0.0841. The Kier molecular flexibility index (Phi) is 4.89. The number of benzene rings is 3. The van der Waals surface area contributed by atoms with Crippen LogP contribution < -0.4 is 9.88 Å². The second kappa shape index (κ2) is 7.28. The maximum absolute atomic E-state index is 12.3. The maximum Gasteiger partial charge on any atom is 0.359 e. The summed E-state index contributed by atoms with van der Waals surface area (Å²) < 4.78 is 34.8. The number of rotatable bonds is 4. The summed E-state index contributed by atoms with van der Waals surface area (Å²) in [6.07, 6.45) is 0. The standard InChI is InChI=1S/C20H16ClN3O5S/c1-28-16-10-9-14-13(17(16)21)7-8-15-18(20(25)29-2)23-24(19(14)15)11-3-5-12(6-4-11)30(22,26)27/h3-10H,1-2H3,(H2,22,26,27). The molecule has 4 aromatic rings. The van der Waals surface area contributed by atoms with Crippen LogP contribution in [-0.2, 0) is 14.8 Å². The van der Waals surface area contributed by atoms with Crippen molar-refractivity contribution in [2.75, 3.05) is 14.2 Å². The van der Waals surface area contributed by atoms with Crippen LogP contribution in [0.25, 0.3) is 27.4 Å². The highest BCUT2D eigenvalue weighted by Gasteiger charge is 2.22. The first-order valence-electron chi connectivity index (χ1n) is 8.65. The second-order valence-corrected chi connectivity index (χ2v) is 8.37. The average molecular weight is 446 g/mol. The molecule has 0 unspecified atom stereocenters. The first-order chi connectivity index (χ1) is 14.3. The zero-order valence-corrected chi connectivity index (χ0v) is 17.5. The lowest BCUT2D eigenvalue weighted by atomic mass is 10.1. The SMILES string of the molecule is COC(=O)c1nn(-c2ccc(S(N)(=O)=O)cc2)c2c1ccc1c(Cl)c(OC)ccc12. The van der Waals surface area contributed by atoms with E-state index >= 15 is 0 Å². The highest BCUT2D eigenvalue weighted by atomic mass is 35.5. The van der Waals surface area contributed by atoms with E-state index in [1.807, 2.05) is 6.07 Å². The number of primary sulfonamides is 1. The molecule has 2 N–H and O–H groups in total. The lowest BCUT2D eigenvalue weighted by Gasteiger charge is -2.10. The molecule has 0 fully saturated rings. The molecule has 8 nitrogen and oxygen atoms in total. The summed E-state index contributed by atoms with van der Waals surface area (Å²) in [5.41, 5.74) is 1.26. The van der Waals surface area contributed by atoms with Gasteiger partial charge in [0.05, 0.1) is 35.3 Å². The molecule has 0 radical (unpaired) electrons. The van der Waals surface area contributed by atoms with Gasteiger partial charge in [0, 0.05) is 16.2 Å². The van der Waals surface area contributed by atoms with Gasteiger partial charge in [-0.05, 0) is 42.5 Å². The van der Waals surface area contributed by atoms with Crippen LogP contribution in [0.1, 0.15) is 10.5 Å². The van der Waals surface area contributed by atoms with Crippen LogP contribution in [0.15, 0.2) is 53.4 Å². The molecule has 0 bridgehead atoms. The lowest BCUT2D eigenvalue weighted by Crippen LogP contribution is -2.12. The van der Waals surface area contributed by atoms with Crippen LogP contribution in [0.5, 0.6) is 5.75 Å². The van der Waals surface area contributed by atoms with Crippen LogP contribution in [-0.4, -0.2) is 38.4 Å². The molecule has 0 aliphatic carbocycles. The summed E-state index contributed by atoms with van der Waals surface area (Å²) in [6, 6.07) is 12.9. The van der Waals surface area contributed by atoms with E-state index in [1.165, 1.54) is 26.4 Å². The van der Waals surface area contributed by atoms with Crippen molar-refractivity contribution in [3.63, 3.8) is 0 Å². The summed E-state index contributed by atoms with van der Waals surface area (Å²) in [7, 11) is -1.04. The number of methoxy groups -OCH3 is 2. The molecular formula is C20H16ClN3O5S. The molecule has 4 rings (SSSR count). The van der Waals surface area contributed by atoms with Gasteiger partial charge in [0.15, 0.2) is 5.69 Å². The zero-order valence-electron chi connectivity index (χ0n) is 15.9. The Morgan fingerprint density at radius 3 is 2.23 bits per heavy atom. The monoisotopic (exact) mass is 445 g/mol. The van der Waals surface area contributed by atoms with Crippen LogP contribution >= 0.6 is 11.6 Å². The Labute approximate surface area is 176 Å². The Hall–Kier alpha value is -3.14. The first-order valence-corrected chi connectivity index (χ1v) is 10.6. The molecule has 0 amide bonds. The number of hydrogen-bond donors (Lipinski definition) is 1. The van der Waals surface area contributed by atoms with Crippen LogP contribution in [0.2, 0.25) is 5.02 Å². The van der Waals surface area contributed by atoms with Crippen molar-refractivity contribution in [2.24, 2.45) is 5.14 Å². The predicted octanol–water partition coefficient (Wildman–Crippen LogP) is 3.27. The molecule has 154 valence electrons. The second-order valence-electron chi connectivity index (χ2n) is 6.43. The van der Waals surface area contributed by atoms with Gasteiger partial charge in [0.1, 0.15) is 5.75 Å². The molecule has 10 heteroatoms. The van der Waals surface area contributed by atoms with Gasteiger partial charge >= 0.3 is 5.97 Å². The van der Waals surface area contributed by atoms with E-state index in [4.69, 9.17) is 26.2 Å². The van der Waals surface area contributed by atoms with Crippen LogP contribution in [0.3, 0.4) is 0 Å². The Morgan fingerprint density at radius 1 is 1.00 bits per heavy atom. The molecule has 0 saturated heterocycles. The number of carbonyl (C=O) groups excluding carboxylic acids is 1. The minimum atomic E-state index is -3.84. The third-order valence-corrected chi connectivity index (χ3v) is 6.07. The van der Waals surface area contributed by atoms with Gasteiger partial charge < -0.3 is 9.47 Å². The topological polar surface area (TPSA) is 114 Å². The summed E-state index contributed by atoms with van der Waals surface area (Å²) >= 11 is 6.48. The van der Waals surface area contributed by atoms with Crippen molar-refractivity contribution in [1.82, 2.24) is 9.78 Å². The minimum absolute atomic E-state index is 0.0338. The van der Waals surface area contributed by atoms with E-state index in [2.05, 4.69) is 5.10 Å². The van der Waals surface area contributed by atoms with Gasteiger partial charge in [0.2, 0.25) is 10.0 Å². The number of fused-ring (bicyclic) bond motifs is 3. The number of ether oxygens (including phenoxy) is 2. The van der Waals surface area contributed by atoms with Gasteiger partial charge in [-0.25, -0.2) is 23.0 Å². The molecule has 0 aliphatic heterocycles. The summed E-state index contributed by atoms with van der Waals surface area (Å²) in [6.45, 7) is 0. The molecule has 0 saturated carbocycles. The molecule has 30 heavy (non-hydrogen) atoms. The number of nitrogens with two attached hydrogens (primary N) is 1. The zero-order chi connectivity index (χ0) is 21.6. The smallest absolute Gasteiger partial charge is 0.359 e. The fourth-order valence-corrected chi connectivity index (χ4v) is 4.15. The summed E-state index contributed by atoms with van der Waals surface area (Å²) in [5, 5.41) is 12.0. The van der Waals surface area contributed by atoms with Crippen molar-refractivity contribution >= 4 is 49.3 Å².